The van der Waals surface area contributed by atoms with Gasteiger partial charge in [0.2, 0.25) is 5.91 Å². The number of hydrogen-bond acceptors (Lipinski definition) is 2. The molecule has 0 atom stereocenters. The van der Waals surface area contributed by atoms with Crippen molar-refractivity contribution < 1.29 is 4.79 Å². The molecule has 29 heavy (non-hydrogen) atoms. The summed E-state index contributed by atoms with van der Waals surface area (Å²) in [6.07, 6.45) is 16.8. The van der Waals surface area contributed by atoms with Gasteiger partial charge in [0.15, 0.2) is 0 Å². The van der Waals surface area contributed by atoms with E-state index in [1.165, 1.54) is 44.1 Å². The Bertz CT molecular complexity index is 771. The molecule has 0 bridgehead atoms. The van der Waals surface area contributed by atoms with Crippen LogP contribution in [0.15, 0.2) is 48.7 Å². The van der Waals surface area contributed by atoms with E-state index < -0.39 is 0 Å². The Morgan fingerprint density at radius 1 is 0.966 bits per heavy atom. The number of rotatable bonds is 9. The Hall–Kier alpha value is -2.42. The molecular weight excluding hydrogens is 356 g/mol. The van der Waals surface area contributed by atoms with Crippen molar-refractivity contribution in [3.8, 4) is 11.3 Å². The van der Waals surface area contributed by atoms with Crippen molar-refractivity contribution >= 4 is 12.0 Å². The number of amides is 1. The maximum Gasteiger partial charge on any atom is 0.246 e. The minimum Gasteiger partial charge on any atom is -0.339 e. The van der Waals surface area contributed by atoms with Crippen LogP contribution in [0.3, 0.4) is 0 Å². The van der Waals surface area contributed by atoms with Crippen molar-refractivity contribution in [2.75, 3.05) is 13.1 Å². The minimum absolute atomic E-state index is 0.126. The third-order valence-electron chi connectivity index (χ3n) is 5.69. The zero-order valence-electron chi connectivity index (χ0n) is 17.8. The van der Waals surface area contributed by atoms with Gasteiger partial charge in [0.25, 0.3) is 0 Å². The zero-order valence-corrected chi connectivity index (χ0v) is 17.8. The molecule has 154 valence electrons. The van der Waals surface area contributed by atoms with Crippen molar-refractivity contribution in [3.05, 3.63) is 59.8 Å². The summed E-state index contributed by atoms with van der Waals surface area (Å²) in [5.41, 5.74) is 4.47. The standard InChI is InChI=1S/C26H34N2O/c1-2-3-4-5-7-10-23-13-17-25(27-21-23)24-15-11-22(12-16-24)14-18-26(29)28-19-8-6-9-20-28/h11-18,21H,2-10,19-20H2,1H3/b18-14+. The molecular formula is C26H34N2O. The number of likely N-dealkylation sites (tertiary alicyclic amines) is 1. The molecule has 3 rings (SSSR count). The van der Waals surface area contributed by atoms with E-state index >= 15 is 0 Å². The maximum absolute atomic E-state index is 12.2. The molecule has 0 N–H and O–H groups in total. The van der Waals surface area contributed by atoms with Crippen LogP contribution in [-0.4, -0.2) is 28.9 Å². The second kappa shape index (κ2) is 11.5. The third kappa shape index (κ3) is 6.85. The highest BCUT2D eigenvalue weighted by molar-refractivity contribution is 5.91. The lowest BCUT2D eigenvalue weighted by molar-refractivity contribution is -0.126. The van der Waals surface area contributed by atoms with Crippen LogP contribution in [-0.2, 0) is 11.2 Å². The summed E-state index contributed by atoms with van der Waals surface area (Å²) in [7, 11) is 0. The normalized spacial score (nSPS) is 14.4. The molecule has 1 aromatic carbocycles. The summed E-state index contributed by atoms with van der Waals surface area (Å²) in [6.45, 7) is 4.03. The Morgan fingerprint density at radius 3 is 2.41 bits per heavy atom. The van der Waals surface area contributed by atoms with E-state index in [1.807, 2.05) is 17.2 Å². The molecule has 1 aromatic heterocycles. The maximum atomic E-state index is 12.2. The first-order chi connectivity index (χ1) is 14.3. The molecule has 0 unspecified atom stereocenters. The van der Waals surface area contributed by atoms with E-state index in [2.05, 4.69) is 48.3 Å². The largest absolute Gasteiger partial charge is 0.339 e. The van der Waals surface area contributed by atoms with Crippen molar-refractivity contribution in [1.82, 2.24) is 9.88 Å². The van der Waals surface area contributed by atoms with E-state index in [0.717, 1.165) is 49.2 Å². The number of hydrogen-bond donors (Lipinski definition) is 0. The first kappa shape index (κ1) is 21.3. The van der Waals surface area contributed by atoms with Gasteiger partial charge in [0.05, 0.1) is 5.69 Å². The van der Waals surface area contributed by atoms with Crippen molar-refractivity contribution in [2.45, 2.75) is 64.7 Å². The number of pyridine rings is 1. The van der Waals surface area contributed by atoms with Gasteiger partial charge in [-0.1, -0.05) is 62.9 Å². The Morgan fingerprint density at radius 2 is 1.72 bits per heavy atom. The highest BCUT2D eigenvalue weighted by Crippen LogP contribution is 2.19. The predicted octanol–water partition coefficient (Wildman–Crippen LogP) is 6.29. The molecule has 0 saturated carbocycles. The number of unbranched alkanes of at least 4 members (excludes halogenated alkanes) is 4. The lowest BCUT2D eigenvalue weighted by Gasteiger charge is -2.25. The number of aryl methyl sites for hydroxylation is 1. The molecule has 3 nitrogen and oxygen atoms in total. The Kier molecular flexibility index (Phi) is 8.48. The van der Waals surface area contributed by atoms with Crippen LogP contribution in [0.25, 0.3) is 17.3 Å². The van der Waals surface area contributed by atoms with Gasteiger partial charge in [0, 0.05) is 30.9 Å². The Labute approximate surface area is 175 Å². The second-order valence-electron chi connectivity index (χ2n) is 8.06. The molecule has 3 heteroatoms. The van der Waals surface area contributed by atoms with Crippen LogP contribution in [0.5, 0.6) is 0 Å². The van der Waals surface area contributed by atoms with Crippen LogP contribution >= 0.6 is 0 Å². The van der Waals surface area contributed by atoms with Gasteiger partial charge in [-0.25, -0.2) is 0 Å². The number of piperidine rings is 1. The van der Waals surface area contributed by atoms with E-state index in [0.29, 0.717) is 0 Å². The third-order valence-corrected chi connectivity index (χ3v) is 5.69. The SMILES string of the molecule is CCCCCCCc1ccc(-c2ccc(/C=C/C(=O)N3CCCCC3)cc2)nc1. The summed E-state index contributed by atoms with van der Waals surface area (Å²) in [4.78, 5) is 18.8. The van der Waals surface area contributed by atoms with Crippen molar-refractivity contribution in [1.29, 1.82) is 0 Å². The van der Waals surface area contributed by atoms with E-state index in [9.17, 15) is 4.79 Å². The molecule has 0 spiro atoms. The van der Waals surface area contributed by atoms with Crippen LogP contribution in [0, 0.1) is 0 Å². The molecule has 1 aliphatic heterocycles. The number of aromatic nitrogens is 1. The van der Waals surface area contributed by atoms with Gasteiger partial charge in [-0.3, -0.25) is 9.78 Å². The minimum atomic E-state index is 0.126. The first-order valence-corrected chi connectivity index (χ1v) is 11.3. The van der Waals surface area contributed by atoms with Gasteiger partial charge in [-0.05, 0) is 55.4 Å². The molecule has 1 saturated heterocycles. The van der Waals surface area contributed by atoms with Crippen molar-refractivity contribution in [3.63, 3.8) is 0 Å². The summed E-state index contributed by atoms with van der Waals surface area (Å²) in [6, 6.07) is 12.6. The fourth-order valence-electron chi connectivity index (χ4n) is 3.83. The molecule has 2 aromatic rings. The number of nitrogens with zero attached hydrogens (tertiary/aromatic N) is 2. The fourth-order valence-corrected chi connectivity index (χ4v) is 3.83. The van der Waals surface area contributed by atoms with Gasteiger partial charge in [-0.2, -0.15) is 0 Å². The first-order valence-electron chi connectivity index (χ1n) is 11.3. The molecule has 1 amide bonds. The number of benzene rings is 1. The summed E-state index contributed by atoms with van der Waals surface area (Å²) >= 11 is 0. The monoisotopic (exact) mass is 390 g/mol. The summed E-state index contributed by atoms with van der Waals surface area (Å²) in [5, 5.41) is 0. The lowest BCUT2D eigenvalue weighted by Crippen LogP contribution is -2.34. The van der Waals surface area contributed by atoms with Crippen LogP contribution in [0.2, 0.25) is 0 Å². The topological polar surface area (TPSA) is 33.2 Å². The molecule has 1 fully saturated rings. The summed E-state index contributed by atoms with van der Waals surface area (Å²) in [5.74, 6) is 0.126. The molecule has 1 aliphatic rings. The van der Waals surface area contributed by atoms with Crippen LogP contribution in [0.4, 0.5) is 0 Å². The average molecular weight is 391 g/mol. The van der Waals surface area contributed by atoms with Crippen LogP contribution in [0.1, 0.15) is 69.4 Å². The van der Waals surface area contributed by atoms with E-state index in [-0.39, 0.29) is 5.91 Å². The average Bonchev–Trinajstić information content (AvgIpc) is 2.79. The lowest BCUT2D eigenvalue weighted by atomic mass is 10.0. The number of carbonyl (C=O) groups excluding carboxylic acids is 1. The molecule has 2 heterocycles. The highest BCUT2D eigenvalue weighted by atomic mass is 16.2. The predicted molar refractivity (Wildman–Crippen MR) is 122 cm³/mol. The fraction of sp³-hybridized carbons (Fsp3) is 0.462. The zero-order chi connectivity index (χ0) is 20.3. The Balaban J connectivity index is 1.51. The van der Waals surface area contributed by atoms with Gasteiger partial charge in [-0.15, -0.1) is 0 Å². The smallest absolute Gasteiger partial charge is 0.246 e. The van der Waals surface area contributed by atoms with Crippen LogP contribution < -0.4 is 0 Å². The molecule has 0 radical (unpaired) electrons. The van der Waals surface area contributed by atoms with E-state index in [4.69, 9.17) is 0 Å². The summed E-state index contributed by atoms with van der Waals surface area (Å²) < 4.78 is 0. The van der Waals surface area contributed by atoms with Crippen molar-refractivity contribution in [2.24, 2.45) is 0 Å². The quantitative estimate of drug-likeness (QED) is 0.372. The van der Waals surface area contributed by atoms with Gasteiger partial charge >= 0.3 is 0 Å². The van der Waals surface area contributed by atoms with Gasteiger partial charge in [0.1, 0.15) is 0 Å². The van der Waals surface area contributed by atoms with E-state index in [1.54, 1.807) is 6.08 Å². The molecule has 0 aliphatic carbocycles. The number of carbonyl (C=O) groups is 1. The second-order valence-corrected chi connectivity index (χ2v) is 8.06. The highest BCUT2D eigenvalue weighted by Gasteiger charge is 2.13. The van der Waals surface area contributed by atoms with Gasteiger partial charge < -0.3 is 4.90 Å².